The summed E-state index contributed by atoms with van der Waals surface area (Å²) in [5.41, 5.74) is 2.27. The highest BCUT2D eigenvalue weighted by Gasteiger charge is 2.23. The van der Waals surface area contributed by atoms with Crippen LogP contribution in [0.3, 0.4) is 0 Å². The molecule has 0 amide bonds. The fourth-order valence-corrected chi connectivity index (χ4v) is 3.74. The van der Waals surface area contributed by atoms with Crippen molar-refractivity contribution in [2.24, 2.45) is 5.92 Å². The summed E-state index contributed by atoms with van der Waals surface area (Å²) in [6.45, 7) is 0.845. The van der Waals surface area contributed by atoms with Gasteiger partial charge in [0.15, 0.2) is 0 Å². The molecule has 5 rings (SSSR count). The Balaban J connectivity index is 1.52. The summed E-state index contributed by atoms with van der Waals surface area (Å²) in [5.74, 6) is 1.16. The zero-order valence-electron chi connectivity index (χ0n) is 18.0. The molecule has 0 spiro atoms. The largest absolute Gasteiger partial charge is 0.492 e. The van der Waals surface area contributed by atoms with E-state index in [4.69, 9.17) is 9.47 Å². The second kappa shape index (κ2) is 8.39. The number of rotatable bonds is 7. The standard InChI is InChI=1S/C24H21N5O4/c1-32-23(30)10-19-24(31)16-4-2-3-5-20(16)29(28-19)12-22-26-17-8-15(11-25)21(9-18(17)27-22)33-13-14-6-7-14/h2-5,8-9,14H,6-7,10,12-13H2,1H3,(H,26,27). The van der Waals surface area contributed by atoms with Gasteiger partial charge in [-0.2, -0.15) is 10.4 Å². The normalized spacial score (nSPS) is 13.2. The average Bonchev–Trinajstić information content (AvgIpc) is 3.58. The highest BCUT2D eigenvalue weighted by molar-refractivity contribution is 5.81. The summed E-state index contributed by atoms with van der Waals surface area (Å²) in [6.07, 6.45) is 2.11. The molecule has 166 valence electrons. The first-order chi connectivity index (χ1) is 16.1. The number of methoxy groups -OCH3 is 1. The van der Waals surface area contributed by atoms with Crippen LogP contribution in [0.2, 0.25) is 0 Å². The number of nitriles is 1. The number of hydrogen-bond acceptors (Lipinski definition) is 7. The minimum atomic E-state index is -0.534. The summed E-state index contributed by atoms with van der Waals surface area (Å²) >= 11 is 0. The van der Waals surface area contributed by atoms with E-state index in [1.165, 1.54) is 7.11 Å². The summed E-state index contributed by atoms with van der Waals surface area (Å²) in [7, 11) is 1.27. The van der Waals surface area contributed by atoms with E-state index in [1.807, 2.05) is 6.07 Å². The number of fused-ring (bicyclic) bond motifs is 2. The van der Waals surface area contributed by atoms with Gasteiger partial charge in [-0.15, -0.1) is 0 Å². The molecule has 1 aliphatic carbocycles. The van der Waals surface area contributed by atoms with Crippen LogP contribution >= 0.6 is 0 Å². The third-order valence-electron chi connectivity index (χ3n) is 5.69. The summed E-state index contributed by atoms with van der Waals surface area (Å²) in [6, 6.07) is 12.8. The molecule has 33 heavy (non-hydrogen) atoms. The summed E-state index contributed by atoms with van der Waals surface area (Å²) in [5, 5.41) is 14.4. The molecule has 0 radical (unpaired) electrons. The van der Waals surface area contributed by atoms with Gasteiger partial charge in [-0.05, 0) is 37.0 Å². The number of nitrogens with zero attached hydrogens (tertiary/aromatic N) is 4. The lowest BCUT2D eigenvalue weighted by Crippen LogP contribution is -2.23. The maximum absolute atomic E-state index is 12.8. The molecule has 2 aromatic heterocycles. The van der Waals surface area contributed by atoms with E-state index in [2.05, 4.69) is 21.1 Å². The van der Waals surface area contributed by atoms with E-state index in [0.29, 0.717) is 51.6 Å². The maximum Gasteiger partial charge on any atom is 0.311 e. The van der Waals surface area contributed by atoms with Gasteiger partial charge in [0.25, 0.3) is 0 Å². The smallest absolute Gasteiger partial charge is 0.311 e. The molecule has 4 aromatic rings. The van der Waals surface area contributed by atoms with Crippen LogP contribution in [-0.2, 0) is 22.5 Å². The molecule has 9 heteroatoms. The third kappa shape index (κ3) is 4.15. The van der Waals surface area contributed by atoms with Gasteiger partial charge >= 0.3 is 5.97 Å². The highest BCUT2D eigenvalue weighted by Crippen LogP contribution is 2.31. The van der Waals surface area contributed by atoms with Crippen molar-refractivity contribution < 1.29 is 14.3 Å². The lowest BCUT2D eigenvalue weighted by Gasteiger charge is -2.10. The molecule has 0 atom stereocenters. The van der Waals surface area contributed by atoms with E-state index in [0.717, 1.165) is 12.8 Å². The van der Waals surface area contributed by atoms with Gasteiger partial charge in [0.1, 0.15) is 23.3 Å². The van der Waals surface area contributed by atoms with Gasteiger partial charge in [-0.1, -0.05) is 12.1 Å². The first kappa shape index (κ1) is 20.7. The Labute approximate surface area is 188 Å². The molecule has 0 aliphatic heterocycles. The van der Waals surface area contributed by atoms with Crippen molar-refractivity contribution in [2.45, 2.75) is 25.8 Å². The lowest BCUT2D eigenvalue weighted by molar-refractivity contribution is -0.139. The maximum atomic E-state index is 12.8. The SMILES string of the molecule is COC(=O)Cc1nn(Cc2nc3cc(OCC4CC4)c(C#N)cc3[nH]2)c2ccccc2c1=O. The number of H-pyrrole nitrogens is 1. The highest BCUT2D eigenvalue weighted by atomic mass is 16.5. The monoisotopic (exact) mass is 443 g/mol. The number of aromatic amines is 1. The van der Waals surface area contributed by atoms with Gasteiger partial charge in [0.2, 0.25) is 5.43 Å². The third-order valence-corrected chi connectivity index (χ3v) is 5.69. The fourth-order valence-electron chi connectivity index (χ4n) is 3.74. The number of nitrogens with one attached hydrogen (secondary N) is 1. The Bertz CT molecular complexity index is 1480. The molecule has 9 nitrogen and oxygen atoms in total. The van der Waals surface area contributed by atoms with Crippen molar-refractivity contribution in [3.63, 3.8) is 0 Å². The Morgan fingerprint density at radius 3 is 2.88 bits per heavy atom. The average molecular weight is 443 g/mol. The van der Waals surface area contributed by atoms with Gasteiger partial charge in [-0.3, -0.25) is 14.3 Å². The molecule has 0 saturated heterocycles. The van der Waals surface area contributed by atoms with Gasteiger partial charge < -0.3 is 14.5 Å². The number of carbonyl (C=O) groups is 1. The van der Waals surface area contributed by atoms with Crippen LogP contribution in [0.15, 0.2) is 41.2 Å². The molecular weight excluding hydrogens is 422 g/mol. The number of ether oxygens (including phenoxy) is 2. The van der Waals surface area contributed by atoms with Crippen molar-refractivity contribution in [1.29, 1.82) is 5.26 Å². The van der Waals surface area contributed by atoms with Crippen LogP contribution in [0.4, 0.5) is 0 Å². The predicted octanol–water partition coefficient (Wildman–Crippen LogP) is 2.70. The van der Waals surface area contributed by atoms with Crippen LogP contribution in [0.25, 0.3) is 21.9 Å². The number of imidazole rings is 1. The first-order valence-corrected chi connectivity index (χ1v) is 10.7. The lowest BCUT2D eigenvalue weighted by atomic mass is 10.1. The van der Waals surface area contributed by atoms with Gasteiger partial charge in [0, 0.05) is 11.5 Å². The number of carbonyl (C=O) groups excluding carboxylic acids is 1. The van der Waals surface area contributed by atoms with Gasteiger partial charge in [0.05, 0.1) is 48.8 Å². The van der Waals surface area contributed by atoms with Crippen molar-refractivity contribution in [3.8, 4) is 11.8 Å². The predicted molar refractivity (Wildman–Crippen MR) is 120 cm³/mol. The van der Waals surface area contributed by atoms with Crippen molar-refractivity contribution in [2.75, 3.05) is 13.7 Å². The van der Waals surface area contributed by atoms with E-state index >= 15 is 0 Å². The summed E-state index contributed by atoms with van der Waals surface area (Å²) < 4.78 is 12.2. The van der Waals surface area contributed by atoms with E-state index in [9.17, 15) is 14.9 Å². The fraction of sp³-hybridized carbons (Fsp3) is 0.292. The van der Waals surface area contributed by atoms with Crippen LogP contribution < -0.4 is 10.2 Å². The molecule has 1 aliphatic rings. The minimum absolute atomic E-state index is 0.110. The quantitative estimate of drug-likeness (QED) is 0.436. The Hall–Kier alpha value is -4.19. The zero-order valence-corrected chi connectivity index (χ0v) is 18.0. The first-order valence-electron chi connectivity index (χ1n) is 10.7. The van der Waals surface area contributed by atoms with Crippen LogP contribution in [0, 0.1) is 17.2 Å². The molecule has 0 unspecified atom stereocenters. The van der Waals surface area contributed by atoms with E-state index in [-0.39, 0.29) is 24.1 Å². The molecule has 1 fully saturated rings. The number of para-hydroxylation sites is 1. The number of hydrogen-bond donors (Lipinski definition) is 1. The zero-order chi connectivity index (χ0) is 22.9. The van der Waals surface area contributed by atoms with Crippen LogP contribution in [0.1, 0.15) is 29.9 Å². The molecule has 2 heterocycles. The Morgan fingerprint density at radius 2 is 2.12 bits per heavy atom. The van der Waals surface area contributed by atoms with Crippen molar-refractivity contribution >= 4 is 27.9 Å². The summed E-state index contributed by atoms with van der Waals surface area (Å²) in [4.78, 5) is 32.4. The topological polar surface area (TPSA) is 123 Å². The number of esters is 1. The molecular formula is C24H21N5O4. The second-order valence-corrected chi connectivity index (χ2v) is 8.12. The van der Waals surface area contributed by atoms with Gasteiger partial charge in [-0.25, -0.2) is 4.98 Å². The molecule has 2 aromatic carbocycles. The van der Waals surface area contributed by atoms with E-state index in [1.54, 1.807) is 35.0 Å². The molecule has 0 bridgehead atoms. The number of benzene rings is 2. The molecule has 1 saturated carbocycles. The number of aromatic nitrogens is 4. The van der Waals surface area contributed by atoms with E-state index < -0.39 is 5.97 Å². The Morgan fingerprint density at radius 1 is 1.30 bits per heavy atom. The van der Waals surface area contributed by atoms with Crippen molar-refractivity contribution in [3.05, 3.63) is 63.7 Å². The minimum Gasteiger partial charge on any atom is -0.492 e. The van der Waals surface area contributed by atoms with Crippen molar-refractivity contribution in [1.82, 2.24) is 19.7 Å². The Kier molecular flexibility index (Phi) is 5.26. The van der Waals surface area contributed by atoms with Crippen LogP contribution in [-0.4, -0.2) is 39.4 Å². The van der Waals surface area contributed by atoms with Crippen LogP contribution in [0.5, 0.6) is 5.75 Å². The molecule has 1 N–H and O–H groups in total. The second-order valence-electron chi connectivity index (χ2n) is 8.12.